The summed E-state index contributed by atoms with van der Waals surface area (Å²) in [6.07, 6.45) is 5.29. The van der Waals surface area contributed by atoms with E-state index in [0.717, 1.165) is 0 Å². The van der Waals surface area contributed by atoms with Crippen LogP contribution >= 0.6 is 11.6 Å². The Bertz CT molecular complexity index is 1200. The van der Waals surface area contributed by atoms with E-state index in [-0.39, 0.29) is 29.4 Å². The number of benzene rings is 1. The first-order valence-corrected chi connectivity index (χ1v) is 9.44. The van der Waals surface area contributed by atoms with Crippen molar-refractivity contribution in [1.29, 1.82) is 0 Å². The molecule has 148 valence electrons. The summed E-state index contributed by atoms with van der Waals surface area (Å²) >= 11 is 6.33. The van der Waals surface area contributed by atoms with Crippen LogP contribution in [-0.4, -0.2) is 38.4 Å². The third-order valence-electron chi connectivity index (χ3n) is 4.77. The fourth-order valence-corrected chi connectivity index (χ4v) is 3.58. The van der Waals surface area contributed by atoms with Gasteiger partial charge in [-0.1, -0.05) is 35.9 Å². The first-order valence-electron chi connectivity index (χ1n) is 9.06. The minimum atomic E-state index is -0.594. The number of hydrogen-bond acceptors (Lipinski definition) is 4. The van der Waals surface area contributed by atoms with Crippen LogP contribution in [0.5, 0.6) is 0 Å². The molecule has 4 rings (SSSR count). The maximum atomic E-state index is 13.0. The average molecular weight is 412 g/mol. The molecule has 3 heterocycles. The van der Waals surface area contributed by atoms with Gasteiger partial charge in [0.2, 0.25) is 11.6 Å². The molecule has 1 aliphatic heterocycles. The third kappa shape index (κ3) is 3.42. The lowest BCUT2D eigenvalue weighted by Gasteiger charge is -2.13. The van der Waals surface area contributed by atoms with Crippen molar-refractivity contribution >= 4 is 29.1 Å². The van der Waals surface area contributed by atoms with Gasteiger partial charge in [0.15, 0.2) is 0 Å². The van der Waals surface area contributed by atoms with Gasteiger partial charge in [-0.3, -0.25) is 23.4 Å². The fraction of sp³-hybridized carbons (Fsp3) is 0.200. The van der Waals surface area contributed by atoms with Crippen molar-refractivity contribution in [2.24, 2.45) is 0 Å². The summed E-state index contributed by atoms with van der Waals surface area (Å²) in [6, 6.07) is 6.59. The van der Waals surface area contributed by atoms with Gasteiger partial charge in [-0.2, -0.15) is 0 Å². The minimum Gasteiger partial charge on any atom is -0.354 e. The molecule has 0 aliphatic carbocycles. The van der Waals surface area contributed by atoms with E-state index in [1.807, 2.05) is 12.1 Å². The van der Waals surface area contributed by atoms with E-state index in [4.69, 9.17) is 11.6 Å². The second kappa shape index (κ2) is 7.56. The van der Waals surface area contributed by atoms with E-state index < -0.39 is 11.9 Å². The molecule has 8 nitrogen and oxygen atoms in total. The summed E-state index contributed by atoms with van der Waals surface area (Å²) in [7, 11) is 0. The molecule has 2 aromatic heterocycles. The van der Waals surface area contributed by atoms with E-state index in [9.17, 15) is 14.4 Å². The van der Waals surface area contributed by atoms with Crippen molar-refractivity contribution in [2.75, 3.05) is 6.54 Å². The quantitative estimate of drug-likeness (QED) is 0.623. The molecule has 1 fully saturated rings. The van der Waals surface area contributed by atoms with E-state index in [1.54, 1.807) is 24.4 Å². The Morgan fingerprint density at radius 1 is 1.34 bits per heavy atom. The van der Waals surface area contributed by atoms with Crippen LogP contribution in [0.25, 0.3) is 16.9 Å². The van der Waals surface area contributed by atoms with Gasteiger partial charge in [-0.25, -0.2) is 4.98 Å². The third-order valence-corrected chi connectivity index (χ3v) is 5.10. The zero-order chi connectivity index (χ0) is 20.5. The molecule has 0 unspecified atom stereocenters. The predicted octanol–water partition coefficient (Wildman–Crippen LogP) is 1.62. The number of aromatic nitrogens is 3. The summed E-state index contributed by atoms with van der Waals surface area (Å²) in [5.74, 6) is -0.735. The van der Waals surface area contributed by atoms with Crippen molar-refractivity contribution in [3.05, 3.63) is 70.4 Å². The highest BCUT2D eigenvalue weighted by Gasteiger charge is 2.27. The molecule has 3 aromatic rings. The van der Waals surface area contributed by atoms with Crippen LogP contribution < -0.4 is 16.2 Å². The molecule has 1 saturated heterocycles. The Hall–Kier alpha value is -3.39. The van der Waals surface area contributed by atoms with Crippen molar-refractivity contribution in [2.45, 2.75) is 19.0 Å². The highest BCUT2D eigenvalue weighted by Crippen LogP contribution is 2.27. The number of nitrogens with zero attached hydrogens (tertiary/aromatic N) is 3. The number of allylic oxidation sites excluding steroid dienone is 1. The topological polar surface area (TPSA) is 97.5 Å². The molecule has 1 aromatic carbocycles. The predicted molar refractivity (Wildman–Crippen MR) is 109 cm³/mol. The Balaban J connectivity index is 1.80. The van der Waals surface area contributed by atoms with Gasteiger partial charge in [0, 0.05) is 36.1 Å². The zero-order valence-electron chi connectivity index (χ0n) is 15.4. The number of nitrogens with one attached hydrogen (secondary N) is 2. The van der Waals surface area contributed by atoms with Crippen molar-refractivity contribution in [1.82, 2.24) is 24.6 Å². The largest absolute Gasteiger partial charge is 0.354 e. The standard InChI is InChI=1S/C20H18ClN5O3/c1-2-9-26-16(12-5-3-4-6-13(12)21)11-25-10-15(23-17(25)20(26)29)19(28)24-14-7-8-22-18(14)27/h2-6,10-11,14H,1,7-9H2,(H,22,27)(H,24,28)/t14-/m0/s1. The molecule has 0 spiro atoms. The monoisotopic (exact) mass is 411 g/mol. The first kappa shape index (κ1) is 18.9. The lowest BCUT2D eigenvalue weighted by molar-refractivity contribution is -0.120. The molecule has 2 amide bonds. The van der Waals surface area contributed by atoms with Crippen molar-refractivity contribution < 1.29 is 9.59 Å². The maximum absolute atomic E-state index is 13.0. The number of carbonyl (C=O) groups is 2. The molecule has 0 bridgehead atoms. The molecule has 29 heavy (non-hydrogen) atoms. The molecule has 2 N–H and O–H groups in total. The first-order chi connectivity index (χ1) is 14.0. The van der Waals surface area contributed by atoms with Crippen LogP contribution in [0.2, 0.25) is 5.02 Å². The molecule has 1 aliphatic rings. The molecular weight excluding hydrogens is 394 g/mol. The van der Waals surface area contributed by atoms with Gasteiger partial charge in [0.1, 0.15) is 11.7 Å². The van der Waals surface area contributed by atoms with Crippen LogP contribution in [0.1, 0.15) is 16.9 Å². The molecular formula is C20H18ClN5O3. The highest BCUT2D eigenvalue weighted by molar-refractivity contribution is 6.33. The van der Waals surface area contributed by atoms with Crippen LogP contribution in [0.15, 0.2) is 54.1 Å². The van der Waals surface area contributed by atoms with Gasteiger partial charge in [0.05, 0.1) is 5.69 Å². The second-order valence-corrected chi connectivity index (χ2v) is 7.07. The molecule has 9 heteroatoms. The lowest BCUT2D eigenvalue weighted by Crippen LogP contribution is -2.40. The van der Waals surface area contributed by atoms with Gasteiger partial charge < -0.3 is 10.6 Å². The SMILES string of the molecule is C=CCn1c(-c2ccccc2Cl)cn2cc(C(=O)N[C@H]3CCNC3=O)nc2c1=O. The second-order valence-electron chi connectivity index (χ2n) is 6.66. The van der Waals surface area contributed by atoms with Crippen LogP contribution in [0.4, 0.5) is 0 Å². The summed E-state index contributed by atoms with van der Waals surface area (Å²) < 4.78 is 3.01. The summed E-state index contributed by atoms with van der Waals surface area (Å²) in [4.78, 5) is 41.5. The summed E-state index contributed by atoms with van der Waals surface area (Å²) in [5.41, 5.74) is 1.04. The number of carbonyl (C=O) groups excluding carboxylic acids is 2. The van der Waals surface area contributed by atoms with Crippen LogP contribution in [0.3, 0.4) is 0 Å². The summed E-state index contributed by atoms with van der Waals surface area (Å²) in [6.45, 7) is 4.48. The van der Waals surface area contributed by atoms with Crippen LogP contribution in [-0.2, 0) is 11.3 Å². The molecule has 1 atom stereocenters. The molecule has 0 radical (unpaired) electrons. The number of hydrogen-bond donors (Lipinski definition) is 2. The Labute approximate surface area is 170 Å². The lowest BCUT2D eigenvalue weighted by atomic mass is 10.1. The van der Waals surface area contributed by atoms with Gasteiger partial charge in [0.25, 0.3) is 11.5 Å². The Morgan fingerprint density at radius 3 is 2.83 bits per heavy atom. The number of fused-ring (bicyclic) bond motifs is 1. The van der Waals surface area contributed by atoms with E-state index >= 15 is 0 Å². The number of imidazole rings is 1. The maximum Gasteiger partial charge on any atom is 0.295 e. The summed E-state index contributed by atoms with van der Waals surface area (Å²) in [5, 5.41) is 5.80. The number of amides is 2. The molecule has 0 saturated carbocycles. The van der Waals surface area contributed by atoms with Crippen molar-refractivity contribution in [3.8, 4) is 11.3 Å². The minimum absolute atomic E-state index is 0.0586. The average Bonchev–Trinajstić information content (AvgIpc) is 3.31. The normalized spacial score (nSPS) is 16.0. The Kier molecular flexibility index (Phi) is 4.94. The van der Waals surface area contributed by atoms with Gasteiger partial charge >= 0.3 is 0 Å². The van der Waals surface area contributed by atoms with E-state index in [2.05, 4.69) is 22.2 Å². The highest BCUT2D eigenvalue weighted by atomic mass is 35.5. The number of rotatable bonds is 5. The zero-order valence-corrected chi connectivity index (χ0v) is 16.1. The van der Waals surface area contributed by atoms with Gasteiger partial charge in [-0.15, -0.1) is 6.58 Å². The van der Waals surface area contributed by atoms with Crippen LogP contribution in [0, 0.1) is 0 Å². The smallest absolute Gasteiger partial charge is 0.295 e. The Morgan fingerprint density at radius 2 is 2.14 bits per heavy atom. The van der Waals surface area contributed by atoms with Gasteiger partial charge in [-0.05, 0) is 12.5 Å². The van der Waals surface area contributed by atoms with E-state index in [1.165, 1.54) is 15.2 Å². The van der Waals surface area contributed by atoms with E-state index in [0.29, 0.717) is 29.2 Å². The van der Waals surface area contributed by atoms with Crippen molar-refractivity contribution in [3.63, 3.8) is 0 Å². The fourth-order valence-electron chi connectivity index (χ4n) is 3.35. The number of halogens is 1.